The number of rotatable bonds is 2. The molecule has 3 aromatic rings. The summed E-state index contributed by atoms with van der Waals surface area (Å²) in [4.78, 5) is 14.5. The average Bonchev–Trinajstić information content (AvgIpc) is 3.03. The molecule has 8 nitrogen and oxygen atoms in total. The van der Waals surface area contributed by atoms with E-state index in [1.54, 1.807) is 0 Å². The first-order chi connectivity index (χ1) is 14.8. The van der Waals surface area contributed by atoms with Crippen molar-refractivity contribution in [2.24, 2.45) is 0 Å². The fourth-order valence-corrected chi connectivity index (χ4v) is 3.90. The highest BCUT2D eigenvalue weighted by atomic mass is 35.7. The lowest BCUT2D eigenvalue weighted by atomic mass is 9.96. The Morgan fingerprint density at radius 2 is 1.48 bits per heavy atom. The Bertz CT molecular complexity index is 1130. The molecule has 0 radical (unpaired) electrons. The summed E-state index contributed by atoms with van der Waals surface area (Å²) in [7, 11) is -4.69. The van der Waals surface area contributed by atoms with E-state index in [9.17, 15) is 0 Å². The van der Waals surface area contributed by atoms with Gasteiger partial charge in [-0.15, -0.1) is 0 Å². The summed E-state index contributed by atoms with van der Waals surface area (Å²) < 4.78 is 32.7. The quantitative estimate of drug-likeness (QED) is 0.610. The monoisotopic (exact) mass is 440 g/mol. The molecule has 0 saturated heterocycles. The molecule has 0 aliphatic carbocycles. The van der Waals surface area contributed by atoms with Crippen LogP contribution in [0, 0.1) is 10.2 Å². The number of benzene rings is 2. The molecule has 5 rings (SSSR count). The second-order valence-electron chi connectivity index (χ2n) is 7.06. The van der Waals surface area contributed by atoms with Gasteiger partial charge < -0.3 is 9.80 Å². The molecule has 0 bridgehead atoms. The van der Waals surface area contributed by atoms with Crippen LogP contribution in [-0.2, 0) is 0 Å². The van der Waals surface area contributed by atoms with Crippen molar-refractivity contribution in [1.29, 1.82) is 0 Å². The third-order valence-corrected chi connectivity index (χ3v) is 5.13. The van der Waals surface area contributed by atoms with E-state index in [0.717, 1.165) is 35.8 Å². The minimum atomic E-state index is -4.69. The molecule has 0 saturated carbocycles. The summed E-state index contributed by atoms with van der Waals surface area (Å²) in [5.41, 5.74) is 5.68. The van der Waals surface area contributed by atoms with E-state index in [2.05, 4.69) is 60.1 Å². The first-order valence-corrected chi connectivity index (χ1v) is 11.0. The van der Waals surface area contributed by atoms with Gasteiger partial charge in [0.15, 0.2) is 11.6 Å². The molecule has 2 aliphatic heterocycles. The fourth-order valence-electron chi connectivity index (χ4n) is 3.90. The number of allylic oxidation sites excluding steroid dienone is 2. The van der Waals surface area contributed by atoms with Gasteiger partial charge in [-0.05, 0) is 37.1 Å². The Kier molecular flexibility index (Phi) is 5.65. The number of hydrogen-bond donors (Lipinski definition) is 1. The molecule has 2 aliphatic rings. The van der Waals surface area contributed by atoms with Crippen molar-refractivity contribution >= 4 is 28.2 Å². The highest BCUT2D eigenvalue weighted by Crippen LogP contribution is 2.45. The molecular formula is C22H21ClN4O4. The molecular weight excluding hydrogens is 420 g/mol. The molecule has 0 unspecified atom stereocenters. The largest absolute Gasteiger partial charge is 0.309 e. The van der Waals surface area contributed by atoms with Crippen LogP contribution in [0.3, 0.4) is 0 Å². The maximum absolute atomic E-state index is 8.60. The second-order valence-corrected chi connectivity index (χ2v) is 7.85. The standard InChI is InChI=1S/C22H20N4.ClHO4/c1-3-25-20-21(24-18-12-8-7-11-17(18)23-20)26-14-13-15(2)19(22(25)26)16-9-5-4-6-10-16;2-1(3,4)5/h4-13H,3,14H2,1-2H3;(H,2,3,4,5). The summed E-state index contributed by atoms with van der Waals surface area (Å²) in [5.74, 6) is 3.11. The Morgan fingerprint density at radius 1 is 0.935 bits per heavy atom. The van der Waals surface area contributed by atoms with Crippen LogP contribution in [0.2, 0.25) is 0 Å². The Hall–Kier alpha value is -3.01. The van der Waals surface area contributed by atoms with Gasteiger partial charge in [-0.2, -0.15) is 14.0 Å². The first-order valence-electron chi connectivity index (χ1n) is 9.70. The number of halogens is 1. The number of para-hydroxylation sites is 2. The van der Waals surface area contributed by atoms with Crippen LogP contribution in [0.1, 0.15) is 19.4 Å². The van der Waals surface area contributed by atoms with Crippen molar-refractivity contribution in [1.82, 2.24) is 9.97 Å². The molecule has 31 heavy (non-hydrogen) atoms. The van der Waals surface area contributed by atoms with E-state index in [1.165, 1.54) is 22.5 Å². The van der Waals surface area contributed by atoms with Crippen LogP contribution in [0.15, 0.2) is 72.1 Å². The molecule has 0 fully saturated rings. The van der Waals surface area contributed by atoms with Crippen molar-refractivity contribution in [3.63, 3.8) is 0 Å². The summed E-state index contributed by atoms with van der Waals surface area (Å²) in [5, 5.41) is 0. The number of anilines is 2. The summed E-state index contributed by atoms with van der Waals surface area (Å²) in [6, 6.07) is 18.7. The van der Waals surface area contributed by atoms with E-state index in [4.69, 9.17) is 28.6 Å². The lowest BCUT2D eigenvalue weighted by Crippen LogP contribution is -2.58. The van der Waals surface area contributed by atoms with Gasteiger partial charge in [0.2, 0.25) is 0 Å². The molecule has 160 valence electrons. The van der Waals surface area contributed by atoms with Crippen molar-refractivity contribution in [2.75, 3.05) is 22.9 Å². The van der Waals surface area contributed by atoms with Gasteiger partial charge in [0.1, 0.15) is 5.82 Å². The van der Waals surface area contributed by atoms with Gasteiger partial charge in [-0.1, -0.05) is 48.5 Å². The predicted octanol–water partition coefficient (Wildman–Crippen LogP) is 0.481. The summed E-state index contributed by atoms with van der Waals surface area (Å²) in [6.07, 6.45) is 2.28. The molecule has 1 N–H and O–H groups in total. The molecule has 0 amide bonds. The van der Waals surface area contributed by atoms with Gasteiger partial charge in [-0.3, -0.25) is 0 Å². The smallest absolute Gasteiger partial charge is 0.178 e. The van der Waals surface area contributed by atoms with Crippen LogP contribution in [0.4, 0.5) is 11.6 Å². The normalized spacial score (nSPS) is 15.4. The molecule has 0 atom stereocenters. The zero-order chi connectivity index (χ0) is 22.2. The van der Waals surface area contributed by atoms with Crippen LogP contribution < -0.4 is 23.8 Å². The third-order valence-electron chi connectivity index (χ3n) is 5.13. The number of hydrogen-bond acceptors (Lipinski definition) is 8. The zero-order valence-electron chi connectivity index (χ0n) is 17.0. The number of fused-ring (bicyclic) bond motifs is 4. The minimum Gasteiger partial charge on any atom is -0.309 e. The van der Waals surface area contributed by atoms with E-state index in [-0.39, 0.29) is 0 Å². The number of aromatic nitrogens is 2. The van der Waals surface area contributed by atoms with Gasteiger partial charge in [0.05, 0.1) is 25.9 Å². The van der Waals surface area contributed by atoms with E-state index in [1.807, 2.05) is 24.3 Å². The first kappa shape index (κ1) is 21.2. The minimum absolute atomic E-state index is 0.827. The van der Waals surface area contributed by atoms with Crippen LogP contribution >= 0.6 is 0 Å². The summed E-state index contributed by atoms with van der Waals surface area (Å²) >= 11 is 0. The molecule has 9 heteroatoms. The van der Waals surface area contributed by atoms with Gasteiger partial charge in [0, 0.05) is 18.7 Å². The van der Waals surface area contributed by atoms with Crippen molar-refractivity contribution in [2.45, 2.75) is 13.8 Å². The Morgan fingerprint density at radius 3 is 2.06 bits per heavy atom. The highest BCUT2D eigenvalue weighted by molar-refractivity contribution is 5.94. The van der Waals surface area contributed by atoms with E-state index in [0.29, 0.717) is 0 Å². The van der Waals surface area contributed by atoms with Crippen molar-refractivity contribution in [3.05, 3.63) is 77.6 Å². The lowest BCUT2D eigenvalue weighted by Gasteiger charge is -2.30. The van der Waals surface area contributed by atoms with Crippen molar-refractivity contribution < 1.29 is 28.9 Å². The molecule has 2 aromatic carbocycles. The van der Waals surface area contributed by atoms with E-state index >= 15 is 0 Å². The molecule has 0 spiro atoms. The topological polar surface area (TPSA) is 122 Å². The molecule has 3 heterocycles. The van der Waals surface area contributed by atoms with Crippen LogP contribution in [0.5, 0.6) is 0 Å². The third kappa shape index (κ3) is 4.25. The second kappa shape index (κ2) is 8.26. The lowest BCUT2D eigenvalue weighted by molar-refractivity contribution is -1.92. The predicted molar refractivity (Wildman–Crippen MR) is 109 cm³/mol. The zero-order valence-corrected chi connectivity index (χ0v) is 17.8. The Balaban J connectivity index is 0.000000418. The highest BCUT2D eigenvalue weighted by Gasteiger charge is 2.37. The fraction of sp³-hybridized carbons (Fsp3) is 0.182. The van der Waals surface area contributed by atoms with Crippen LogP contribution in [-0.4, -0.2) is 27.7 Å². The maximum Gasteiger partial charge on any atom is 0.178 e. The van der Waals surface area contributed by atoms with Gasteiger partial charge in [-0.25, -0.2) is 9.97 Å². The Labute approximate surface area is 181 Å². The molecule has 1 aromatic heterocycles. The van der Waals surface area contributed by atoms with Crippen LogP contribution in [0.25, 0.3) is 16.6 Å². The van der Waals surface area contributed by atoms with Gasteiger partial charge in [0.25, 0.3) is 0 Å². The average molecular weight is 441 g/mol. The maximum atomic E-state index is 8.60. The van der Waals surface area contributed by atoms with E-state index < -0.39 is 10.2 Å². The summed E-state index contributed by atoms with van der Waals surface area (Å²) in [6.45, 7) is 6.05. The van der Waals surface area contributed by atoms with Crippen molar-refractivity contribution in [3.8, 4) is 0 Å². The SMILES string of the molecule is CCN1C2=C(c3ccccc3)C(C)=CCN2c2nc3ccccc3nc21.[O-][Cl+3]([O-])([O-])O. The number of nitrogens with zero attached hydrogens (tertiary/aromatic N) is 4. The van der Waals surface area contributed by atoms with Gasteiger partial charge >= 0.3 is 0 Å².